The van der Waals surface area contributed by atoms with E-state index < -0.39 is 0 Å². The second kappa shape index (κ2) is 4.40. The summed E-state index contributed by atoms with van der Waals surface area (Å²) in [7, 11) is 0. The van der Waals surface area contributed by atoms with Crippen LogP contribution >= 0.6 is 0 Å². The average Bonchev–Trinajstić information content (AvgIpc) is 2.11. The van der Waals surface area contributed by atoms with Crippen LogP contribution in [-0.2, 0) is 0 Å². The Morgan fingerprint density at radius 1 is 1.62 bits per heavy atom. The van der Waals surface area contributed by atoms with Gasteiger partial charge in [0.1, 0.15) is 0 Å². The summed E-state index contributed by atoms with van der Waals surface area (Å²) in [5.41, 5.74) is 3.72. The molecule has 0 aliphatic heterocycles. The maximum atomic E-state index is 4.60. The SMILES string of the molecule is CC/C(C)=N/C1=CC(C)CC=C1C. The molecule has 0 amide bonds. The molecule has 1 nitrogen and oxygen atoms in total. The van der Waals surface area contributed by atoms with E-state index in [1.165, 1.54) is 17.0 Å². The molecule has 1 aliphatic carbocycles. The molecule has 0 fully saturated rings. The third-order valence-corrected chi connectivity index (χ3v) is 2.47. The topological polar surface area (TPSA) is 12.4 Å². The van der Waals surface area contributed by atoms with Gasteiger partial charge < -0.3 is 0 Å². The standard InChI is InChI=1S/C12H19N/c1-5-11(4)13-12-8-9(2)6-7-10(12)3/h7-9H,5-6H2,1-4H3/b13-11+. The van der Waals surface area contributed by atoms with Gasteiger partial charge in [-0.15, -0.1) is 0 Å². The van der Waals surface area contributed by atoms with Crippen LogP contribution in [0.2, 0.25) is 0 Å². The van der Waals surface area contributed by atoms with Gasteiger partial charge in [-0.05, 0) is 38.2 Å². The third kappa shape index (κ3) is 2.83. The maximum Gasteiger partial charge on any atom is 0.0617 e. The van der Waals surface area contributed by atoms with Gasteiger partial charge in [0.05, 0.1) is 5.70 Å². The average molecular weight is 177 g/mol. The molecule has 0 heterocycles. The molecule has 1 rings (SSSR count). The summed E-state index contributed by atoms with van der Waals surface area (Å²) in [6, 6.07) is 0. The van der Waals surface area contributed by atoms with Crippen molar-refractivity contribution in [1.29, 1.82) is 0 Å². The second-order valence-corrected chi connectivity index (χ2v) is 3.85. The lowest BCUT2D eigenvalue weighted by Gasteiger charge is -2.14. The van der Waals surface area contributed by atoms with E-state index in [4.69, 9.17) is 0 Å². The molecule has 0 bridgehead atoms. The highest BCUT2D eigenvalue weighted by molar-refractivity contribution is 5.83. The molecule has 0 N–H and O–H groups in total. The Balaban J connectivity index is 2.83. The molecule has 0 aromatic rings. The largest absolute Gasteiger partial charge is 0.258 e. The summed E-state index contributed by atoms with van der Waals surface area (Å²) in [5, 5.41) is 0. The highest BCUT2D eigenvalue weighted by Gasteiger charge is 2.08. The van der Waals surface area contributed by atoms with Gasteiger partial charge in [-0.1, -0.05) is 26.0 Å². The zero-order chi connectivity index (χ0) is 9.84. The normalized spacial score (nSPS) is 24.0. The number of allylic oxidation sites excluding steroid dienone is 3. The molecule has 0 radical (unpaired) electrons. The summed E-state index contributed by atoms with van der Waals surface area (Å²) in [6.45, 7) is 8.61. The van der Waals surface area contributed by atoms with E-state index in [1.54, 1.807) is 0 Å². The van der Waals surface area contributed by atoms with Gasteiger partial charge in [-0.3, -0.25) is 4.99 Å². The van der Waals surface area contributed by atoms with Gasteiger partial charge in [-0.2, -0.15) is 0 Å². The first-order valence-electron chi connectivity index (χ1n) is 5.06. The Kier molecular flexibility index (Phi) is 3.47. The smallest absolute Gasteiger partial charge is 0.0617 e. The first-order chi connectivity index (χ1) is 6.13. The van der Waals surface area contributed by atoms with Crippen LogP contribution in [0.3, 0.4) is 0 Å². The minimum absolute atomic E-state index is 0.645. The van der Waals surface area contributed by atoms with Crippen molar-refractivity contribution in [2.45, 2.75) is 40.5 Å². The number of hydrogen-bond donors (Lipinski definition) is 0. The summed E-state index contributed by atoms with van der Waals surface area (Å²) in [4.78, 5) is 4.60. The summed E-state index contributed by atoms with van der Waals surface area (Å²) >= 11 is 0. The van der Waals surface area contributed by atoms with Crippen LogP contribution in [0.15, 0.2) is 28.4 Å². The van der Waals surface area contributed by atoms with Gasteiger partial charge >= 0.3 is 0 Å². The van der Waals surface area contributed by atoms with E-state index in [0.29, 0.717) is 5.92 Å². The predicted octanol–water partition coefficient (Wildman–Crippen LogP) is 3.73. The first-order valence-corrected chi connectivity index (χ1v) is 5.06. The predicted molar refractivity (Wildman–Crippen MR) is 59.0 cm³/mol. The van der Waals surface area contributed by atoms with Crippen LogP contribution in [-0.4, -0.2) is 5.71 Å². The molecular formula is C12H19N. The van der Waals surface area contributed by atoms with Crippen molar-refractivity contribution >= 4 is 5.71 Å². The lowest BCUT2D eigenvalue weighted by molar-refractivity contribution is 0.720. The molecule has 13 heavy (non-hydrogen) atoms. The molecule has 72 valence electrons. The zero-order valence-corrected chi connectivity index (χ0v) is 9.09. The van der Waals surface area contributed by atoms with Gasteiger partial charge in [0.2, 0.25) is 0 Å². The lowest BCUT2D eigenvalue weighted by Crippen LogP contribution is -2.00. The van der Waals surface area contributed by atoms with Crippen molar-refractivity contribution in [3.8, 4) is 0 Å². The number of nitrogens with zero attached hydrogens (tertiary/aromatic N) is 1. The van der Waals surface area contributed by atoms with Crippen molar-refractivity contribution in [2.75, 3.05) is 0 Å². The van der Waals surface area contributed by atoms with E-state index >= 15 is 0 Å². The fraction of sp³-hybridized carbons (Fsp3) is 0.583. The Hall–Kier alpha value is -0.850. The van der Waals surface area contributed by atoms with Gasteiger partial charge in [0, 0.05) is 5.71 Å². The van der Waals surface area contributed by atoms with Crippen molar-refractivity contribution in [3.05, 3.63) is 23.4 Å². The van der Waals surface area contributed by atoms with E-state index in [-0.39, 0.29) is 0 Å². The monoisotopic (exact) mass is 177 g/mol. The zero-order valence-electron chi connectivity index (χ0n) is 9.09. The minimum Gasteiger partial charge on any atom is -0.258 e. The highest BCUT2D eigenvalue weighted by atomic mass is 14.8. The minimum atomic E-state index is 0.645. The summed E-state index contributed by atoms with van der Waals surface area (Å²) < 4.78 is 0. The van der Waals surface area contributed by atoms with E-state index in [2.05, 4.69) is 44.8 Å². The molecule has 1 heteroatoms. The number of aliphatic imine (C=N–C) groups is 1. The molecule has 0 saturated heterocycles. The number of hydrogen-bond acceptors (Lipinski definition) is 1. The molecular weight excluding hydrogens is 158 g/mol. The fourth-order valence-electron chi connectivity index (χ4n) is 1.35. The Morgan fingerprint density at radius 2 is 2.31 bits per heavy atom. The van der Waals surface area contributed by atoms with Crippen molar-refractivity contribution in [2.24, 2.45) is 10.9 Å². The van der Waals surface area contributed by atoms with Crippen molar-refractivity contribution in [3.63, 3.8) is 0 Å². The second-order valence-electron chi connectivity index (χ2n) is 3.85. The van der Waals surface area contributed by atoms with Crippen LogP contribution in [0.25, 0.3) is 0 Å². The van der Waals surface area contributed by atoms with Crippen molar-refractivity contribution in [1.82, 2.24) is 0 Å². The van der Waals surface area contributed by atoms with Crippen LogP contribution in [0, 0.1) is 5.92 Å². The van der Waals surface area contributed by atoms with Crippen LogP contribution in [0.4, 0.5) is 0 Å². The van der Waals surface area contributed by atoms with Gasteiger partial charge in [0.15, 0.2) is 0 Å². The van der Waals surface area contributed by atoms with E-state index in [1.807, 2.05) is 0 Å². The van der Waals surface area contributed by atoms with Crippen LogP contribution in [0.1, 0.15) is 40.5 Å². The lowest BCUT2D eigenvalue weighted by atomic mass is 9.97. The quantitative estimate of drug-likeness (QED) is 0.570. The van der Waals surface area contributed by atoms with E-state index in [9.17, 15) is 0 Å². The molecule has 1 unspecified atom stereocenters. The molecule has 0 saturated carbocycles. The van der Waals surface area contributed by atoms with Crippen LogP contribution in [0.5, 0.6) is 0 Å². The first kappa shape index (κ1) is 10.2. The van der Waals surface area contributed by atoms with Gasteiger partial charge in [-0.25, -0.2) is 0 Å². The fourth-order valence-corrected chi connectivity index (χ4v) is 1.35. The molecule has 0 aromatic heterocycles. The molecule has 0 spiro atoms. The third-order valence-electron chi connectivity index (χ3n) is 2.47. The Bertz CT molecular complexity index is 269. The summed E-state index contributed by atoms with van der Waals surface area (Å²) in [5.74, 6) is 0.645. The molecule has 1 atom stereocenters. The Labute approximate surface area is 81.3 Å². The molecule has 1 aliphatic rings. The van der Waals surface area contributed by atoms with E-state index in [0.717, 1.165) is 12.8 Å². The Morgan fingerprint density at radius 3 is 2.92 bits per heavy atom. The number of rotatable bonds is 2. The van der Waals surface area contributed by atoms with Gasteiger partial charge in [0.25, 0.3) is 0 Å². The maximum absolute atomic E-state index is 4.60. The van der Waals surface area contributed by atoms with Crippen LogP contribution < -0.4 is 0 Å². The highest BCUT2D eigenvalue weighted by Crippen LogP contribution is 2.23. The van der Waals surface area contributed by atoms with Crippen molar-refractivity contribution < 1.29 is 0 Å². The molecule has 0 aromatic carbocycles. The summed E-state index contributed by atoms with van der Waals surface area (Å²) in [6.07, 6.45) is 6.76.